The van der Waals surface area contributed by atoms with E-state index < -0.39 is 0 Å². The molecule has 0 radical (unpaired) electrons. The van der Waals surface area contributed by atoms with Crippen LogP contribution in [-0.2, 0) is 11.3 Å². The highest BCUT2D eigenvalue weighted by Gasteiger charge is 2.32. The number of allylic oxidation sites excluding steroid dienone is 2. The maximum atomic E-state index is 12.3. The molecule has 0 aromatic heterocycles. The van der Waals surface area contributed by atoms with E-state index >= 15 is 0 Å². The molecule has 5 nitrogen and oxygen atoms in total. The third-order valence-corrected chi connectivity index (χ3v) is 3.83. The standard InChI is InChI=1S/C16H19NO4/c1-10(2)15-14(19)11-3-4-13(18)12(16(11)21-15)9-17-5-7-20-8-6-17/h3-4,18H,5-9H2,1-2H3. The van der Waals surface area contributed by atoms with Crippen LogP contribution in [0.2, 0.25) is 0 Å². The van der Waals surface area contributed by atoms with Crippen LogP contribution in [0.5, 0.6) is 11.5 Å². The van der Waals surface area contributed by atoms with E-state index in [4.69, 9.17) is 9.47 Å². The molecule has 1 saturated heterocycles. The molecule has 2 aliphatic rings. The first-order valence-corrected chi connectivity index (χ1v) is 7.13. The molecule has 0 atom stereocenters. The molecule has 21 heavy (non-hydrogen) atoms. The van der Waals surface area contributed by atoms with Gasteiger partial charge in [-0.05, 0) is 31.6 Å². The minimum atomic E-state index is -0.103. The zero-order chi connectivity index (χ0) is 15.0. The summed E-state index contributed by atoms with van der Waals surface area (Å²) in [5.41, 5.74) is 2.05. The summed E-state index contributed by atoms with van der Waals surface area (Å²) in [6, 6.07) is 3.20. The zero-order valence-electron chi connectivity index (χ0n) is 12.3. The average Bonchev–Trinajstić information content (AvgIpc) is 2.81. The number of nitrogens with zero attached hydrogens (tertiary/aromatic N) is 1. The summed E-state index contributed by atoms with van der Waals surface area (Å²) >= 11 is 0. The predicted molar refractivity (Wildman–Crippen MR) is 77.5 cm³/mol. The van der Waals surface area contributed by atoms with E-state index in [1.165, 1.54) is 0 Å². The summed E-state index contributed by atoms with van der Waals surface area (Å²) in [6.45, 7) is 7.26. The van der Waals surface area contributed by atoms with E-state index in [0.717, 1.165) is 18.7 Å². The first-order chi connectivity index (χ1) is 10.1. The lowest BCUT2D eigenvalue weighted by Gasteiger charge is -2.27. The van der Waals surface area contributed by atoms with Crippen molar-refractivity contribution in [3.05, 3.63) is 34.6 Å². The molecule has 3 rings (SSSR count). The summed E-state index contributed by atoms with van der Waals surface area (Å²) in [4.78, 5) is 14.5. The Morgan fingerprint density at radius 1 is 1.29 bits per heavy atom. The fourth-order valence-electron chi connectivity index (χ4n) is 2.65. The zero-order valence-corrected chi connectivity index (χ0v) is 12.3. The summed E-state index contributed by atoms with van der Waals surface area (Å²) in [5, 5.41) is 10.2. The van der Waals surface area contributed by atoms with Crippen molar-refractivity contribution in [3.63, 3.8) is 0 Å². The Morgan fingerprint density at radius 3 is 2.67 bits per heavy atom. The lowest BCUT2D eigenvalue weighted by molar-refractivity contribution is 0.0336. The second-order valence-corrected chi connectivity index (χ2v) is 5.59. The second-order valence-electron chi connectivity index (χ2n) is 5.59. The van der Waals surface area contributed by atoms with Crippen molar-refractivity contribution in [2.75, 3.05) is 26.3 Å². The van der Waals surface area contributed by atoms with E-state index in [0.29, 0.717) is 42.4 Å². The highest BCUT2D eigenvalue weighted by atomic mass is 16.5. The van der Waals surface area contributed by atoms with Crippen molar-refractivity contribution < 1.29 is 19.4 Å². The smallest absolute Gasteiger partial charge is 0.231 e. The van der Waals surface area contributed by atoms with Gasteiger partial charge >= 0.3 is 0 Å². The molecule has 0 spiro atoms. The van der Waals surface area contributed by atoms with Gasteiger partial charge < -0.3 is 14.6 Å². The Morgan fingerprint density at radius 2 is 2.00 bits per heavy atom. The predicted octanol–water partition coefficient (Wildman–Crippen LogP) is 2.09. The summed E-state index contributed by atoms with van der Waals surface area (Å²) in [5.74, 6) is 0.942. The fourth-order valence-corrected chi connectivity index (χ4v) is 2.65. The number of carbonyl (C=O) groups is 1. The number of benzene rings is 1. The van der Waals surface area contributed by atoms with Gasteiger partial charge in [-0.2, -0.15) is 0 Å². The number of hydrogen-bond acceptors (Lipinski definition) is 5. The van der Waals surface area contributed by atoms with Gasteiger partial charge in [0.05, 0.1) is 24.3 Å². The number of rotatable bonds is 2. The number of morpholine rings is 1. The maximum absolute atomic E-state index is 12.3. The molecule has 2 aliphatic heterocycles. The Hall–Kier alpha value is -1.85. The minimum Gasteiger partial charge on any atom is -0.507 e. The number of ketones is 1. The number of hydrogen-bond donors (Lipinski definition) is 1. The van der Waals surface area contributed by atoms with Crippen LogP contribution >= 0.6 is 0 Å². The van der Waals surface area contributed by atoms with Gasteiger partial charge in [-0.3, -0.25) is 9.69 Å². The largest absolute Gasteiger partial charge is 0.507 e. The van der Waals surface area contributed by atoms with Crippen LogP contribution in [0.1, 0.15) is 29.8 Å². The molecule has 5 heteroatoms. The third-order valence-electron chi connectivity index (χ3n) is 3.83. The molecular weight excluding hydrogens is 270 g/mol. The number of ether oxygens (including phenoxy) is 2. The topological polar surface area (TPSA) is 59.0 Å². The average molecular weight is 289 g/mol. The molecule has 1 fully saturated rings. The number of Topliss-reactive ketones (excluding diaryl/α,β-unsaturated/α-hetero) is 1. The molecular formula is C16H19NO4. The van der Waals surface area contributed by atoms with Crippen LogP contribution in [0.3, 0.4) is 0 Å². The van der Waals surface area contributed by atoms with Crippen LogP contribution in [0.15, 0.2) is 23.5 Å². The second kappa shape index (κ2) is 5.50. The van der Waals surface area contributed by atoms with Crippen LogP contribution in [0, 0.1) is 0 Å². The van der Waals surface area contributed by atoms with E-state index in [1.807, 2.05) is 13.8 Å². The van der Waals surface area contributed by atoms with Crippen molar-refractivity contribution in [3.8, 4) is 11.5 Å². The molecule has 1 N–H and O–H groups in total. The van der Waals surface area contributed by atoms with E-state index in [2.05, 4.69) is 4.90 Å². The van der Waals surface area contributed by atoms with Gasteiger partial charge in [0.25, 0.3) is 0 Å². The summed E-state index contributed by atoms with van der Waals surface area (Å²) < 4.78 is 11.1. The van der Waals surface area contributed by atoms with Crippen LogP contribution < -0.4 is 4.74 Å². The van der Waals surface area contributed by atoms with E-state index in [1.54, 1.807) is 12.1 Å². The van der Waals surface area contributed by atoms with Crippen molar-refractivity contribution in [1.82, 2.24) is 4.90 Å². The maximum Gasteiger partial charge on any atom is 0.231 e. The Bertz CT molecular complexity index is 611. The molecule has 0 bridgehead atoms. The number of aromatic hydroxyl groups is 1. The van der Waals surface area contributed by atoms with Crippen molar-refractivity contribution in [1.29, 1.82) is 0 Å². The van der Waals surface area contributed by atoms with Crippen LogP contribution in [0.4, 0.5) is 0 Å². The Balaban J connectivity index is 1.96. The molecule has 0 aliphatic carbocycles. The fraction of sp³-hybridized carbons (Fsp3) is 0.438. The van der Waals surface area contributed by atoms with Crippen molar-refractivity contribution in [2.45, 2.75) is 20.4 Å². The highest BCUT2D eigenvalue weighted by Crippen LogP contribution is 2.40. The molecule has 0 amide bonds. The molecule has 112 valence electrons. The molecule has 0 saturated carbocycles. The van der Waals surface area contributed by atoms with Crippen molar-refractivity contribution >= 4 is 5.78 Å². The van der Waals surface area contributed by atoms with Crippen LogP contribution in [-0.4, -0.2) is 42.1 Å². The number of phenolic OH excluding ortho intramolecular Hbond substituents is 1. The van der Waals surface area contributed by atoms with Gasteiger partial charge in [0.2, 0.25) is 5.78 Å². The van der Waals surface area contributed by atoms with E-state index in [-0.39, 0.29) is 11.5 Å². The SMILES string of the molecule is CC(C)=C1Oc2c(ccc(O)c2CN2CCOCC2)C1=O. The van der Waals surface area contributed by atoms with Gasteiger partial charge in [0.15, 0.2) is 5.76 Å². The Labute approximate surface area is 123 Å². The first-order valence-electron chi connectivity index (χ1n) is 7.13. The number of fused-ring (bicyclic) bond motifs is 1. The normalized spacial score (nSPS) is 18.6. The quantitative estimate of drug-likeness (QED) is 0.845. The molecule has 0 unspecified atom stereocenters. The van der Waals surface area contributed by atoms with Crippen molar-refractivity contribution in [2.24, 2.45) is 0 Å². The van der Waals surface area contributed by atoms with Gasteiger partial charge in [0.1, 0.15) is 11.5 Å². The molecule has 2 heterocycles. The summed E-state index contributed by atoms with van der Waals surface area (Å²) in [6.07, 6.45) is 0. The Kier molecular flexibility index (Phi) is 3.69. The molecule has 1 aromatic rings. The lowest BCUT2D eigenvalue weighted by Crippen LogP contribution is -2.35. The highest BCUT2D eigenvalue weighted by molar-refractivity contribution is 6.13. The first kappa shape index (κ1) is 14.1. The van der Waals surface area contributed by atoms with Gasteiger partial charge in [-0.25, -0.2) is 0 Å². The van der Waals surface area contributed by atoms with E-state index in [9.17, 15) is 9.90 Å². The van der Waals surface area contributed by atoms with Gasteiger partial charge in [0, 0.05) is 19.6 Å². The number of phenols is 1. The molecule has 1 aromatic carbocycles. The monoisotopic (exact) mass is 289 g/mol. The number of carbonyl (C=O) groups excluding carboxylic acids is 1. The minimum absolute atomic E-state index is 0.103. The van der Waals surface area contributed by atoms with Gasteiger partial charge in [-0.1, -0.05) is 0 Å². The third kappa shape index (κ3) is 2.54. The summed E-state index contributed by atoms with van der Waals surface area (Å²) in [7, 11) is 0. The van der Waals surface area contributed by atoms with Gasteiger partial charge in [-0.15, -0.1) is 0 Å². The van der Waals surface area contributed by atoms with Crippen LogP contribution in [0.25, 0.3) is 0 Å². The lowest BCUT2D eigenvalue weighted by atomic mass is 10.0.